The van der Waals surface area contributed by atoms with Gasteiger partial charge in [0.05, 0.1) is 17.4 Å². The van der Waals surface area contributed by atoms with E-state index < -0.39 is 12.0 Å². The van der Waals surface area contributed by atoms with Gasteiger partial charge in [-0.25, -0.2) is 4.79 Å². The fourth-order valence-corrected chi connectivity index (χ4v) is 3.97. The number of thioether (sulfide) groups is 1. The number of carbonyl (C=O) groups is 2. The molecule has 2 aliphatic heterocycles. The van der Waals surface area contributed by atoms with Crippen LogP contribution in [-0.2, 0) is 14.3 Å². The third-order valence-corrected chi connectivity index (χ3v) is 5.13. The third kappa shape index (κ3) is 2.36. The van der Waals surface area contributed by atoms with Gasteiger partial charge in [0.1, 0.15) is 6.04 Å². The summed E-state index contributed by atoms with van der Waals surface area (Å²) in [6.45, 7) is 4.46. The average Bonchev–Trinajstić information content (AvgIpc) is 2.93. The number of carboxylic acid groups (broad SMARTS) is 1. The Morgan fingerprint density at radius 3 is 2.72 bits per heavy atom. The van der Waals surface area contributed by atoms with Crippen molar-refractivity contribution in [3.8, 4) is 0 Å². The largest absolute Gasteiger partial charge is 0.480 e. The Morgan fingerprint density at radius 2 is 2.22 bits per heavy atom. The van der Waals surface area contributed by atoms with Crippen LogP contribution >= 0.6 is 11.8 Å². The smallest absolute Gasteiger partial charge is 0.327 e. The number of hydrogen-bond acceptors (Lipinski definition) is 4. The molecule has 0 bridgehead atoms. The molecule has 4 unspecified atom stereocenters. The fourth-order valence-electron chi connectivity index (χ4n) is 2.61. The lowest BCUT2D eigenvalue weighted by atomic mass is 10.00. The lowest BCUT2D eigenvalue weighted by molar-refractivity contribution is -0.151. The molecule has 102 valence electrons. The van der Waals surface area contributed by atoms with Crippen molar-refractivity contribution in [3.63, 3.8) is 0 Å². The molecule has 2 rings (SSSR count). The lowest BCUT2D eigenvalue weighted by Crippen LogP contribution is -2.49. The van der Waals surface area contributed by atoms with Crippen molar-refractivity contribution in [2.45, 2.75) is 44.2 Å². The van der Waals surface area contributed by atoms with Crippen LogP contribution in [0.4, 0.5) is 0 Å². The number of carbonyl (C=O) groups excluding carboxylic acids is 1. The van der Waals surface area contributed by atoms with E-state index in [0.29, 0.717) is 18.8 Å². The van der Waals surface area contributed by atoms with E-state index in [1.807, 2.05) is 13.8 Å². The van der Waals surface area contributed by atoms with E-state index in [4.69, 9.17) is 4.74 Å². The van der Waals surface area contributed by atoms with Crippen LogP contribution in [0.5, 0.6) is 0 Å². The summed E-state index contributed by atoms with van der Waals surface area (Å²) in [5, 5.41) is 9.21. The molecule has 0 aromatic heterocycles. The second-order valence-electron chi connectivity index (χ2n) is 4.77. The summed E-state index contributed by atoms with van der Waals surface area (Å²) in [5.41, 5.74) is 0. The van der Waals surface area contributed by atoms with Crippen LogP contribution in [0.15, 0.2) is 0 Å². The molecule has 0 radical (unpaired) electrons. The number of carboxylic acids is 1. The van der Waals surface area contributed by atoms with E-state index >= 15 is 0 Å². The van der Waals surface area contributed by atoms with Crippen LogP contribution in [0, 0.1) is 5.92 Å². The predicted octanol–water partition coefficient (Wildman–Crippen LogP) is 1.18. The van der Waals surface area contributed by atoms with Gasteiger partial charge in [0, 0.05) is 12.4 Å². The Hall–Kier alpha value is -0.750. The summed E-state index contributed by atoms with van der Waals surface area (Å²) in [7, 11) is 0. The number of amides is 1. The van der Waals surface area contributed by atoms with Gasteiger partial charge in [0.25, 0.3) is 0 Å². The standard InChI is InChI=1S/C12H19NO4S/c1-3-10-13(9(6-18-10)12(15)16)11(14)8-4-5-17-7(8)2/h7-10H,3-6H2,1-2H3,(H,15,16). The maximum absolute atomic E-state index is 12.5. The zero-order chi connectivity index (χ0) is 13.3. The zero-order valence-corrected chi connectivity index (χ0v) is 11.5. The van der Waals surface area contributed by atoms with Crippen molar-refractivity contribution in [3.05, 3.63) is 0 Å². The van der Waals surface area contributed by atoms with Crippen LogP contribution in [0.3, 0.4) is 0 Å². The van der Waals surface area contributed by atoms with Gasteiger partial charge in [0.15, 0.2) is 0 Å². The molecule has 0 aromatic rings. The number of rotatable bonds is 3. The zero-order valence-electron chi connectivity index (χ0n) is 10.7. The van der Waals surface area contributed by atoms with Crippen LogP contribution in [-0.4, -0.2) is 51.8 Å². The maximum Gasteiger partial charge on any atom is 0.327 e. The van der Waals surface area contributed by atoms with Gasteiger partial charge in [-0.1, -0.05) is 6.92 Å². The van der Waals surface area contributed by atoms with Crippen LogP contribution in [0.25, 0.3) is 0 Å². The quantitative estimate of drug-likeness (QED) is 0.836. The van der Waals surface area contributed by atoms with Gasteiger partial charge in [-0.2, -0.15) is 0 Å². The van der Waals surface area contributed by atoms with E-state index in [9.17, 15) is 14.7 Å². The molecule has 5 nitrogen and oxygen atoms in total. The van der Waals surface area contributed by atoms with E-state index in [1.165, 1.54) is 0 Å². The molecule has 0 spiro atoms. The molecule has 0 aromatic carbocycles. The van der Waals surface area contributed by atoms with Gasteiger partial charge in [0.2, 0.25) is 5.91 Å². The van der Waals surface area contributed by atoms with Gasteiger partial charge in [-0.3, -0.25) is 4.79 Å². The monoisotopic (exact) mass is 273 g/mol. The highest BCUT2D eigenvalue weighted by Crippen LogP contribution is 2.35. The Balaban J connectivity index is 2.16. The van der Waals surface area contributed by atoms with E-state index in [1.54, 1.807) is 16.7 Å². The van der Waals surface area contributed by atoms with Gasteiger partial charge >= 0.3 is 5.97 Å². The summed E-state index contributed by atoms with van der Waals surface area (Å²) < 4.78 is 5.41. The molecule has 6 heteroatoms. The normalized spacial score (nSPS) is 36.0. The Bertz CT molecular complexity index is 349. The van der Waals surface area contributed by atoms with Crippen LogP contribution < -0.4 is 0 Å². The summed E-state index contributed by atoms with van der Waals surface area (Å²) in [6.07, 6.45) is 1.38. The van der Waals surface area contributed by atoms with E-state index in [0.717, 1.165) is 6.42 Å². The first-order valence-corrected chi connectivity index (χ1v) is 7.39. The summed E-state index contributed by atoms with van der Waals surface area (Å²) in [6, 6.07) is -0.680. The minimum Gasteiger partial charge on any atom is -0.480 e. The van der Waals surface area contributed by atoms with Crippen molar-refractivity contribution in [2.24, 2.45) is 5.92 Å². The van der Waals surface area contributed by atoms with E-state index in [-0.39, 0.29) is 23.3 Å². The number of aliphatic carboxylic acids is 1. The Kier molecular flexibility index (Phi) is 4.17. The van der Waals surface area contributed by atoms with Crippen LogP contribution in [0.2, 0.25) is 0 Å². The molecule has 2 aliphatic rings. The van der Waals surface area contributed by atoms with Gasteiger partial charge in [-0.05, 0) is 19.8 Å². The predicted molar refractivity (Wildman–Crippen MR) is 68.3 cm³/mol. The van der Waals surface area contributed by atoms with Crippen molar-refractivity contribution >= 4 is 23.6 Å². The first-order valence-electron chi connectivity index (χ1n) is 6.34. The second kappa shape index (κ2) is 5.48. The molecular weight excluding hydrogens is 254 g/mol. The maximum atomic E-state index is 12.5. The Morgan fingerprint density at radius 1 is 1.50 bits per heavy atom. The molecule has 0 aliphatic carbocycles. The number of nitrogens with zero attached hydrogens (tertiary/aromatic N) is 1. The highest BCUT2D eigenvalue weighted by Gasteiger charge is 2.45. The van der Waals surface area contributed by atoms with Crippen molar-refractivity contribution in [1.29, 1.82) is 0 Å². The fraction of sp³-hybridized carbons (Fsp3) is 0.833. The van der Waals surface area contributed by atoms with Crippen molar-refractivity contribution in [2.75, 3.05) is 12.4 Å². The molecule has 2 heterocycles. The molecule has 2 fully saturated rings. The highest BCUT2D eigenvalue weighted by atomic mass is 32.2. The molecular formula is C12H19NO4S. The SMILES string of the molecule is CCC1SCC(C(=O)O)N1C(=O)C1CCOC1C. The molecule has 1 amide bonds. The molecule has 4 atom stereocenters. The first-order chi connectivity index (χ1) is 8.56. The summed E-state index contributed by atoms with van der Waals surface area (Å²) >= 11 is 1.56. The minimum absolute atomic E-state index is 0.00796. The van der Waals surface area contributed by atoms with Crippen molar-refractivity contribution < 1.29 is 19.4 Å². The number of hydrogen-bond donors (Lipinski definition) is 1. The number of ether oxygens (including phenoxy) is 1. The minimum atomic E-state index is -0.904. The Labute approximate surface area is 111 Å². The molecule has 0 saturated carbocycles. The molecule has 2 saturated heterocycles. The first kappa shape index (κ1) is 13.7. The lowest BCUT2D eigenvalue weighted by Gasteiger charge is -2.30. The van der Waals surface area contributed by atoms with E-state index in [2.05, 4.69) is 0 Å². The average molecular weight is 273 g/mol. The summed E-state index contributed by atoms with van der Waals surface area (Å²) in [5.74, 6) is -0.649. The summed E-state index contributed by atoms with van der Waals surface area (Å²) in [4.78, 5) is 25.3. The highest BCUT2D eigenvalue weighted by molar-refractivity contribution is 8.00. The van der Waals surface area contributed by atoms with Crippen LogP contribution in [0.1, 0.15) is 26.7 Å². The second-order valence-corrected chi connectivity index (χ2v) is 5.98. The molecule has 1 N–H and O–H groups in total. The third-order valence-electron chi connectivity index (χ3n) is 3.67. The van der Waals surface area contributed by atoms with Crippen molar-refractivity contribution in [1.82, 2.24) is 4.90 Å². The van der Waals surface area contributed by atoms with Gasteiger partial charge < -0.3 is 14.7 Å². The van der Waals surface area contributed by atoms with Gasteiger partial charge in [-0.15, -0.1) is 11.8 Å². The topological polar surface area (TPSA) is 66.8 Å². The molecule has 18 heavy (non-hydrogen) atoms.